The Kier molecular flexibility index (Phi) is 3.88. The summed E-state index contributed by atoms with van der Waals surface area (Å²) in [6.45, 7) is 9.27. The maximum atomic E-state index is 6.11. The van der Waals surface area contributed by atoms with Crippen LogP contribution in [-0.4, -0.2) is 8.07 Å². The molecular formula is C29H26OSi. The topological polar surface area (TPSA) is 13.1 Å². The van der Waals surface area contributed by atoms with Crippen molar-refractivity contribution >= 4 is 40.4 Å². The molecule has 0 atom stereocenters. The van der Waals surface area contributed by atoms with Crippen molar-refractivity contribution in [1.82, 2.24) is 0 Å². The fourth-order valence-electron chi connectivity index (χ4n) is 5.12. The maximum Gasteiger partial charge on any atom is 0.135 e. The van der Waals surface area contributed by atoms with Crippen LogP contribution in [0.5, 0.6) is 0 Å². The van der Waals surface area contributed by atoms with Crippen LogP contribution in [0.1, 0.15) is 22.3 Å². The monoisotopic (exact) mass is 418 g/mol. The third-order valence-electron chi connectivity index (χ3n) is 7.11. The van der Waals surface area contributed by atoms with Gasteiger partial charge in [-0.15, -0.1) is 0 Å². The van der Waals surface area contributed by atoms with E-state index in [0.717, 1.165) is 17.6 Å². The van der Waals surface area contributed by atoms with Crippen molar-refractivity contribution in [3.63, 3.8) is 0 Å². The summed E-state index contributed by atoms with van der Waals surface area (Å²) >= 11 is 0. The first-order chi connectivity index (χ1) is 14.9. The summed E-state index contributed by atoms with van der Waals surface area (Å²) in [4.78, 5) is 0. The van der Waals surface area contributed by atoms with Gasteiger partial charge < -0.3 is 4.42 Å². The van der Waals surface area contributed by atoms with Crippen LogP contribution >= 0.6 is 0 Å². The van der Waals surface area contributed by atoms with Crippen LogP contribution in [0.25, 0.3) is 33.1 Å². The van der Waals surface area contributed by atoms with Gasteiger partial charge in [-0.05, 0) is 60.7 Å². The molecular weight excluding hydrogens is 392 g/mol. The van der Waals surface area contributed by atoms with Gasteiger partial charge in [0.2, 0.25) is 0 Å². The van der Waals surface area contributed by atoms with E-state index in [-0.39, 0.29) is 0 Å². The first-order valence-electron chi connectivity index (χ1n) is 11.1. The lowest BCUT2D eigenvalue weighted by molar-refractivity contribution is 0.669. The van der Waals surface area contributed by atoms with Crippen LogP contribution in [0.3, 0.4) is 0 Å². The zero-order valence-corrected chi connectivity index (χ0v) is 19.5. The molecule has 0 amide bonds. The molecule has 0 aliphatic heterocycles. The highest BCUT2D eigenvalue weighted by molar-refractivity contribution is 7.00. The van der Waals surface area contributed by atoms with Crippen molar-refractivity contribution in [2.75, 3.05) is 0 Å². The first kappa shape index (κ1) is 18.6. The molecule has 1 aliphatic carbocycles. The molecule has 31 heavy (non-hydrogen) atoms. The lowest BCUT2D eigenvalue weighted by Crippen LogP contribution is -2.52. The fourth-order valence-corrected chi connectivity index (χ4v) is 7.46. The molecule has 4 aromatic carbocycles. The van der Waals surface area contributed by atoms with Gasteiger partial charge in [0.25, 0.3) is 0 Å². The molecule has 5 aromatic rings. The van der Waals surface area contributed by atoms with Gasteiger partial charge in [0.05, 0.1) is 0 Å². The van der Waals surface area contributed by atoms with Gasteiger partial charge in [0.1, 0.15) is 19.2 Å². The first-order valence-corrected chi connectivity index (χ1v) is 14.1. The average Bonchev–Trinajstić information content (AvgIpc) is 3.30. The second-order valence-corrected chi connectivity index (χ2v) is 14.1. The molecule has 0 fully saturated rings. The predicted molar refractivity (Wildman–Crippen MR) is 135 cm³/mol. The number of hydrogen-bond acceptors (Lipinski definition) is 1. The Morgan fingerprint density at radius 2 is 1.16 bits per heavy atom. The SMILES string of the molecule is Cc1ccc2c(c1)-c1cc([Si](C)(C)c3ccc4oc5ccc(C)cc5c4c3)ccc1C2. The molecule has 2 heteroatoms. The minimum atomic E-state index is -1.87. The van der Waals surface area contributed by atoms with Crippen LogP contribution in [0.4, 0.5) is 0 Å². The summed E-state index contributed by atoms with van der Waals surface area (Å²) < 4.78 is 6.11. The summed E-state index contributed by atoms with van der Waals surface area (Å²) in [5.74, 6) is 0. The number of rotatable bonds is 2. The third kappa shape index (κ3) is 2.82. The van der Waals surface area contributed by atoms with Crippen molar-refractivity contribution in [1.29, 1.82) is 0 Å². The van der Waals surface area contributed by atoms with Crippen LogP contribution in [0, 0.1) is 13.8 Å². The molecule has 152 valence electrons. The highest BCUT2D eigenvalue weighted by atomic mass is 28.3. The minimum Gasteiger partial charge on any atom is -0.456 e. The highest BCUT2D eigenvalue weighted by Crippen LogP contribution is 2.37. The van der Waals surface area contributed by atoms with Gasteiger partial charge in [-0.25, -0.2) is 0 Å². The normalized spacial score (nSPS) is 13.0. The Labute approximate surface area is 184 Å². The maximum absolute atomic E-state index is 6.11. The zero-order valence-electron chi connectivity index (χ0n) is 18.5. The van der Waals surface area contributed by atoms with Crippen LogP contribution in [-0.2, 0) is 6.42 Å². The van der Waals surface area contributed by atoms with Crippen molar-refractivity contribution in [3.8, 4) is 11.1 Å². The number of furan rings is 1. The molecule has 1 aromatic heterocycles. The summed E-state index contributed by atoms with van der Waals surface area (Å²) in [5.41, 5.74) is 10.3. The van der Waals surface area contributed by atoms with E-state index in [1.165, 1.54) is 54.5 Å². The Hall–Kier alpha value is -3.10. The van der Waals surface area contributed by atoms with Crippen LogP contribution in [0.2, 0.25) is 13.1 Å². The van der Waals surface area contributed by atoms with E-state index in [2.05, 4.69) is 99.7 Å². The van der Waals surface area contributed by atoms with Crippen molar-refractivity contribution in [3.05, 3.63) is 95.1 Å². The van der Waals surface area contributed by atoms with Crippen LogP contribution in [0.15, 0.2) is 77.2 Å². The quantitative estimate of drug-likeness (QED) is 0.289. The van der Waals surface area contributed by atoms with E-state index in [0.29, 0.717) is 0 Å². The molecule has 1 nitrogen and oxygen atoms in total. The minimum absolute atomic E-state index is 0.974. The number of benzene rings is 4. The summed E-state index contributed by atoms with van der Waals surface area (Å²) in [6.07, 6.45) is 1.06. The van der Waals surface area contributed by atoms with Gasteiger partial charge in [-0.2, -0.15) is 0 Å². The Morgan fingerprint density at radius 1 is 0.613 bits per heavy atom. The number of aryl methyl sites for hydroxylation is 2. The average molecular weight is 419 g/mol. The van der Waals surface area contributed by atoms with E-state index in [1.54, 1.807) is 0 Å². The molecule has 0 bridgehead atoms. The van der Waals surface area contributed by atoms with Crippen molar-refractivity contribution in [2.24, 2.45) is 0 Å². The lowest BCUT2D eigenvalue weighted by atomic mass is 10.0. The van der Waals surface area contributed by atoms with Gasteiger partial charge in [0.15, 0.2) is 0 Å². The third-order valence-corrected chi connectivity index (χ3v) is 10.6. The zero-order chi connectivity index (χ0) is 21.3. The van der Waals surface area contributed by atoms with Crippen LogP contribution < -0.4 is 10.4 Å². The second-order valence-electron chi connectivity index (χ2n) is 9.65. The molecule has 0 unspecified atom stereocenters. The highest BCUT2D eigenvalue weighted by Gasteiger charge is 2.29. The second kappa shape index (κ2) is 6.45. The molecule has 0 spiro atoms. The molecule has 0 N–H and O–H groups in total. The smallest absolute Gasteiger partial charge is 0.135 e. The van der Waals surface area contributed by atoms with E-state index in [4.69, 9.17) is 4.42 Å². The van der Waals surface area contributed by atoms with Gasteiger partial charge >= 0.3 is 0 Å². The van der Waals surface area contributed by atoms with Crippen molar-refractivity contribution < 1.29 is 4.42 Å². The Balaban J connectivity index is 1.49. The molecule has 1 aliphatic rings. The summed E-state index contributed by atoms with van der Waals surface area (Å²) in [7, 11) is -1.87. The van der Waals surface area contributed by atoms with E-state index in [9.17, 15) is 0 Å². The number of hydrogen-bond donors (Lipinski definition) is 0. The molecule has 6 rings (SSSR count). The molecule has 0 saturated carbocycles. The Bertz CT molecular complexity index is 1500. The number of fused-ring (bicyclic) bond motifs is 6. The summed E-state index contributed by atoms with van der Waals surface area (Å²) in [6, 6.07) is 27.4. The largest absolute Gasteiger partial charge is 0.456 e. The Morgan fingerprint density at radius 3 is 1.97 bits per heavy atom. The van der Waals surface area contributed by atoms with E-state index in [1.807, 2.05) is 0 Å². The fraction of sp³-hybridized carbons (Fsp3) is 0.172. The molecule has 0 saturated heterocycles. The molecule has 0 radical (unpaired) electrons. The van der Waals surface area contributed by atoms with Gasteiger partial charge in [-0.1, -0.05) is 89.2 Å². The van der Waals surface area contributed by atoms with Gasteiger partial charge in [0, 0.05) is 10.8 Å². The van der Waals surface area contributed by atoms with Crippen molar-refractivity contribution in [2.45, 2.75) is 33.4 Å². The summed E-state index contributed by atoms with van der Waals surface area (Å²) in [5, 5.41) is 5.40. The molecule has 1 heterocycles. The predicted octanol–water partition coefficient (Wildman–Crippen LogP) is 6.60. The van der Waals surface area contributed by atoms with Gasteiger partial charge in [-0.3, -0.25) is 0 Å². The standard InChI is InChI=1S/C29H26OSi/c1-18-5-7-20-15-21-8-9-22(16-25(21)24(20)13-18)31(3,4)23-10-12-29-27(17-23)26-14-19(2)6-11-28(26)30-29/h5-14,16-17H,15H2,1-4H3. The lowest BCUT2D eigenvalue weighted by Gasteiger charge is -2.24. The van der Waals surface area contributed by atoms with E-state index >= 15 is 0 Å². The van der Waals surface area contributed by atoms with E-state index < -0.39 is 8.07 Å².